The second kappa shape index (κ2) is 4.47. The van der Waals surface area contributed by atoms with Crippen LogP contribution in [-0.2, 0) is 12.7 Å². The van der Waals surface area contributed by atoms with Gasteiger partial charge in [-0.15, -0.1) is 0 Å². The average molecular weight is 260 g/mol. The van der Waals surface area contributed by atoms with Crippen molar-refractivity contribution in [2.45, 2.75) is 12.7 Å². The molecule has 0 aliphatic rings. The quantitative estimate of drug-likeness (QED) is 0.850. The van der Waals surface area contributed by atoms with Crippen LogP contribution in [0.2, 0.25) is 0 Å². The highest BCUT2D eigenvalue weighted by atomic mass is 19.4. The van der Waals surface area contributed by atoms with Crippen molar-refractivity contribution in [1.82, 2.24) is 20.1 Å². The van der Waals surface area contributed by atoms with E-state index in [1.807, 2.05) is 0 Å². The number of anilines is 2. The van der Waals surface area contributed by atoms with E-state index in [1.54, 1.807) is 0 Å². The van der Waals surface area contributed by atoms with Crippen LogP contribution < -0.4 is 11.1 Å². The molecule has 7 nitrogen and oxygen atoms in total. The second-order valence-electron chi connectivity index (χ2n) is 3.20. The molecule has 0 amide bonds. The van der Waals surface area contributed by atoms with E-state index in [2.05, 4.69) is 29.9 Å². The average Bonchev–Trinajstić information content (AvgIpc) is 2.77. The number of hydrogen-bond donors (Lipinski definition) is 2. The van der Waals surface area contributed by atoms with Gasteiger partial charge >= 0.3 is 6.18 Å². The Morgan fingerprint density at radius 2 is 2.11 bits per heavy atom. The molecule has 0 aliphatic heterocycles. The smallest absolute Gasteiger partial charge is 0.384 e. The van der Waals surface area contributed by atoms with E-state index in [0.29, 0.717) is 0 Å². The third-order valence-corrected chi connectivity index (χ3v) is 1.83. The fourth-order valence-corrected chi connectivity index (χ4v) is 1.12. The first-order valence-corrected chi connectivity index (χ1v) is 4.66. The van der Waals surface area contributed by atoms with E-state index in [4.69, 9.17) is 5.73 Å². The standard InChI is InChI=1S/C8H7F3N6O/c9-8(10,11)7-15-4(12)1-5(16-7)13-2-6-14-3-18-17-6/h1,3H,2H2,(H3,12,13,15,16). The zero-order chi connectivity index (χ0) is 13.2. The summed E-state index contributed by atoms with van der Waals surface area (Å²) in [6.07, 6.45) is -3.55. The summed E-state index contributed by atoms with van der Waals surface area (Å²) in [5.74, 6) is -1.38. The Morgan fingerprint density at radius 1 is 1.33 bits per heavy atom. The van der Waals surface area contributed by atoms with Crippen LogP contribution in [0, 0.1) is 0 Å². The molecular formula is C8H7F3N6O. The highest BCUT2D eigenvalue weighted by Gasteiger charge is 2.35. The predicted molar refractivity (Wildman–Crippen MR) is 53.1 cm³/mol. The van der Waals surface area contributed by atoms with E-state index in [0.717, 1.165) is 6.39 Å². The zero-order valence-corrected chi connectivity index (χ0v) is 8.77. The fourth-order valence-electron chi connectivity index (χ4n) is 1.12. The molecule has 0 spiro atoms. The molecule has 2 heterocycles. The number of alkyl halides is 3. The van der Waals surface area contributed by atoms with Crippen LogP contribution in [-0.4, -0.2) is 20.1 Å². The van der Waals surface area contributed by atoms with Gasteiger partial charge in [0.05, 0.1) is 6.54 Å². The summed E-state index contributed by atoms with van der Waals surface area (Å²) in [5.41, 5.74) is 5.26. The van der Waals surface area contributed by atoms with Gasteiger partial charge in [-0.05, 0) is 0 Å². The molecule has 3 N–H and O–H groups in total. The van der Waals surface area contributed by atoms with Crippen LogP contribution in [0.5, 0.6) is 0 Å². The summed E-state index contributed by atoms with van der Waals surface area (Å²) in [6, 6.07) is 1.18. The number of halogens is 3. The van der Waals surface area contributed by atoms with Gasteiger partial charge in [0.2, 0.25) is 12.2 Å². The van der Waals surface area contributed by atoms with Crippen LogP contribution in [0.25, 0.3) is 0 Å². The van der Waals surface area contributed by atoms with Gasteiger partial charge in [-0.25, -0.2) is 9.97 Å². The van der Waals surface area contributed by atoms with Crippen LogP contribution >= 0.6 is 0 Å². The minimum atomic E-state index is -4.65. The minimum absolute atomic E-state index is 0.0598. The molecule has 0 saturated heterocycles. The van der Waals surface area contributed by atoms with Crippen molar-refractivity contribution in [2.24, 2.45) is 0 Å². The predicted octanol–water partition coefficient (Wildman–Crippen LogP) is 1.07. The highest BCUT2D eigenvalue weighted by Crippen LogP contribution is 2.27. The van der Waals surface area contributed by atoms with Crippen molar-refractivity contribution < 1.29 is 17.7 Å². The van der Waals surface area contributed by atoms with Crippen LogP contribution in [0.15, 0.2) is 17.0 Å². The minimum Gasteiger partial charge on any atom is -0.384 e. The van der Waals surface area contributed by atoms with Gasteiger partial charge in [0.15, 0.2) is 5.82 Å². The molecule has 0 unspecified atom stereocenters. The van der Waals surface area contributed by atoms with Crippen molar-refractivity contribution in [2.75, 3.05) is 11.1 Å². The maximum absolute atomic E-state index is 12.4. The number of aromatic nitrogens is 4. The van der Waals surface area contributed by atoms with Crippen molar-refractivity contribution in [3.8, 4) is 0 Å². The summed E-state index contributed by atoms with van der Waals surface area (Å²) in [4.78, 5) is 10.1. The normalized spacial score (nSPS) is 11.5. The highest BCUT2D eigenvalue weighted by molar-refractivity contribution is 5.44. The molecule has 2 rings (SSSR count). The van der Waals surface area contributed by atoms with E-state index < -0.39 is 12.0 Å². The lowest BCUT2D eigenvalue weighted by Crippen LogP contribution is -2.14. The monoisotopic (exact) mass is 260 g/mol. The zero-order valence-electron chi connectivity index (χ0n) is 8.77. The Morgan fingerprint density at radius 3 is 2.72 bits per heavy atom. The number of nitrogens with one attached hydrogen (secondary N) is 1. The summed E-state index contributed by atoms with van der Waals surface area (Å²) >= 11 is 0. The SMILES string of the molecule is Nc1cc(NCc2ncon2)nc(C(F)(F)F)n1. The van der Waals surface area contributed by atoms with Crippen molar-refractivity contribution in [3.05, 3.63) is 24.1 Å². The lowest BCUT2D eigenvalue weighted by molar-refractivity contribution is -0.144. The molecule has 2 aromatic rings. The Kier molecular flexibility index (Phi) is 3.00. The Hall–Kier alpha value is -2.39. The molecule has 0 radical (unpaired) electrons. The Balaban J connectivity index is 2.15. The lowest BCUT2D eigenvalue weighted by Gasteiger charge is -2.08. The lowest BCUT2D eigenvalue weighted by atomic mass is 10.4. The third-order valence-electron chi connectivity index (χ3n) is 1.83. The first kappa shape index (κ1) is 12.1. The maximum atomic E-state index is 12.4. The molecule has 0 aliphatic carbocycles. The molecule has 2 aromatic heterocycles. The van der Waals surface area contributed by atoms with E-state index in [1.165, 1.54) is 6.07 Å². The number of rotatable bonds is 3. The molecule has 18 heavy (non-hydrogen) atoms. The topological polar surface area (TPSA) is 103 Å². The molecule has 0 fully saturated rings. The third kappa shape index (κ3) is 2.84. The molecule has 0 atom stereocenters. The van der Waals surface area contributed by atoms with Gasteiger partial charge in [-0.1, -0.05) is 5.16 Å². The van der Waals surface area contributed by atoms with Gasteiger partial charge in [0.25, 0.3) is 0 Å². The fraction of sp³-hybridized carbons (Fsp3) is 0.250. The van der Waals surface area contributed by atoms with E-state index >= 15 is 0 Å². The largest absolute Gasteiger partial charge is 0.451 e. The first-order valence-electron chi connectivity index (χ1n) is 4.66. The number of nitrogen functional groups attached to an aromatic ring is 1. The Labute approximate surface area is 98.2 Å². The molecule has 0 saturated carbocycles. The summed E-state index contributed by atoms with van der Waals surface area (Å²) in [7, 11) is 0. The van der Waals surface area contributed by atoms with Gasteiger partial charge in [-0.2, -0.15) is 18.2 Å². The van der Waals surface area contributed by atoms with Crippen molar-refractivity contribution in [1.29, 1.82) is 0 Å². The molecule has 10 heteroatoms. The van der Waals surface area contributed by atoms with Crippen LogP contribution in [0.1, 0.15) is 11.6 Å². The number of nitrogens with two attached hydrogens (primary N) is 1. The van der Waals surface area contributed by atoms with Crippen LogP contribution in [0.3, 0.4) is 0 Å². The van der Waals surface area contributed by atoms with Crippen molar-refractivity contribution >= 4 is 11.6 Å². The molecular weight excluding hydrogens is 253 g/mol. The van der Waals surface area contributed by atoms with E-state index in [9.17, 15) is 13.2 Å². The van der Waals surface area contributed by atoms with Crippen LogP contribution in [0.4, 0.5) is 24.8 Å². The summed E-state index contributed by atoms with van der Waals surface area (Å²) in [6.45, 7) is 0.0598. The maximum Gasteiger partial charge on any atom is 0.451 e. The van der Waals surface area contributed by atoms with E-state index in [-0.39, 0.29) is 24.0 Å². The summed E-state index contributed by atoms with van der Waals surface area (Å²) < 4.78 is 41.7. The van der Waals surface area contributed by atoms with Gasteiger partial charge in [-0.3, -0.25) is 0 Å². The van der Waals surface area contributed by atoms with Gasteiger partial charge < -0.3 is 15.6 Å². The first-order chi connectivity index (χ1) is 8.45. The number of hydrogen-bond acceptors (Lipinski definition) is 7. The van der Waals surface area contributed by atoms with Crippen molar-refractivity contribution in [3.63, 3.8) is 0 Å². The summed E-state index contributed by atoms with van der Waals surface area (Å²) in [5, 5.41) is 6.06. The van der Waals surface area contributed by atoms with Gasteiger partial charge in [0.1, 0.15) is 11.6 Å². The molecule has 96 valence electrons. The molecule has 0 bridgehead atoms. The Bertz CT molecular complexity index is 526. The van der Waals surface area contributed by atoms with Gasteiger partial charge in [0, 0.05) is 6.07 Å². The second-order valence-corrected chi connectivity index (χ2v) is 3.20. The molecule has 0 aromatic carbocycles. The number of nitrogens with zero attached hydrogens (tertiary/aromatic N) is 4.